The Kier molecular flexibility index (Phi) is 7.99. The normalized spacial score (nSPS) is 19.3. The Morgan fingerprint density at radius 1 is 1.12 bits per heavy atom. The minimum absolute atomic E-state index is 0.0452. The van der Waals surface area contributed by atoms with Crippen LogP contribution in [0.4, 0.5) is 0 Å². The van der Waals surface area contributed by atoms with Crippen LogP contribution in [0.1, 0.15) is 32.8 Å². The van der Waals surface area contributed by atoms with Gasteiger partial charge in [-0.2, -0.15) is 4.31 Å². The Bertz CT molecular complexity index is 1100. The molecule has 0 spiro atoms. The van der Waals surface area contributed by atoms with Crippen molar-refractivity contribution in [2.45, 2.75) is 44.2 Å². The van der Waals surface area contributed by atoms with E-state index in [2.05, 4.69) is 5.32 Å². The maximum Gasteiger partial charge on any atom is 0.247 e. The van der Waals surface area contributed by atoms with Gasteiger partial charge in [-0.05, 0) is 49.1 Å². The number of carbonyl (C=O) groups is 2. The highest BCUT2D eigenvalue weighted by molar-refractivity contribution is 7.89. The first kappa shape index (κ1) is 25.7. The molecule has 1 aliphatic rings. The van der Waals surface area contributed by atoms with E-state index in [0.717, 1.165) is 9.87 Å². The van der Waals surface area contributed by atoms with Crippen molar-refractivity contribution >= 4 is 21.8 Å². The molecule has 2 aromatic rings. The van der Waals surface area contributed by atoms with E-state index in [-0.39, 0.29) is 36.3 Å². The highest BCUT2D eigenvalue weighted by atomic mass is 32.2. The van der Waals surface area contributed by atoms with Gasteiger partial charge in [-0.1, -0.05) is 44.2 Å². The number of hydrogen-bond donors (Lipinski definition) is 1. The van der Waals surface area contributed by atoms with Crippen molar-refractivity contribution < 1.29 is 22.7 Å². The van der Waals surface area contributed by atoms with Crippen LogP contribution in [0.3, 0.4) is 0 Å². The molecule has 3 rings (SSSR count). The van der Waals surface area contributed by atoms with Gasteiger partial charge in [0.15, 0.2) is 0 Å². The van der Waals surface area contributed by atoms with Crippen molar-refractivity contribution in [1.82, 2.24) is 14.5 Å². The topological polar surface area (TPSA) is 96.0 Å². The smallest absolute Gasteiger partial charge is 0.247 e. The molecule has 0 unspecified atom stereocenters. The second kappa shape index (κ2) is 10.6. The SMILES string of the molecule is COc1ccc(S(=O)(=O)N2CC(=O)N(CCC(C)C)[C@@](C)(C(=O)NCc3ccccc3)C2)cc1. The van der Waals surface area contributed by atoms with Crippen LogP contribution in [0, 0.1) is 5.92 Å². The van der Waals surface area contributed by atoms with Crippen molar-refractivity contribution in [3.05, 3.63) is 60.2 Å². The Balaban J connectivity index is 1.89. The minimum Gasteiger partial charge on any atom is -0.497 e. The summed E-state index contributed by atoms with van der Waals surface area (Å²) in [5.74, 6) is 0.0774. The number of piperazine rings is 1. The molecule has 1 atom stereocenters. The number of amides is 2. The fraction of sp³-hybridized carbons (Fsp3) is 0.440. The van der Waals surface area contributed by atoms with E-state index in [1.807, 2.05) is 44.2 Å². The summed E-state index contributed by atoms with van der Waals surface area (Å²) in [6.07, 6.45) is 0.707. The quantitative estimate of drug-likeness (QED) is 0.587. The van der Waals surface area contributed by atoms with Crippen molar-refractivity contribution in [2.75, 3.05) is 26.7 Å². The van der Waals surface area contributed by atoms with Crippen molar-refractivity contribution in [2.24, 2.45) is 5.92 Å². The molecule has 0 aromatic heterocycles. The molecule has 0 aliphatic carbocycles. The Morgan fingerprint density at radius 3 is 2.35 bits per heavy atom. The van der Waals surface area contributed by atoms with Gasteiger partial charge in [-0.15, -0.1) is 0 Å². The average molecular weight is 488 g/mol. The summed E-state index contributed by atoms with van der Waals surface area (Å²) in [5, 5.41) is 2.90. The molecule has 1 aliphatic heterocycles. The number of hydrogen-bond acceptors (Lipinski definition) is 5. The maximum atomic E-state index is 13.4. The van der Waals surface area contributed by atoms with Crippen LogP contribution in [-0.2, 0) is 26.2 Å². The predicted molar refractivity (Wildman–Crippen MR) is 130 cm³/mol. The molecule has 2 amide bonds. The van der Waals surface area contributed by atoms with Crippen LogP contribution in [0.5, 0.6) is 5.75 Å². The van der Waals surface area contributed by atoms with Gasteiger partial charge in [0.25, 0.3) is 0 Å². The molecule has 1 N–H and O–H groups in total. The molecule has 8 nitrogen and oxygen atoms in total. The van der Waals surface area contributed by atoms with E-state index in [1.54, 1.807) is 19.1 Å². The molecule has 1 fully saturated rings. The van der Waals surface area contributed by atoms with E-state index in [4.69, 9.17) is 4.74 Å². The van der Waals surface area contributed by atoms with Crippen molar-refractivity contribution in [3.63, 3.8) is 0 Å². The number of methoxy groups -OCH3 is 1. The van der Waals surface area contributed by atoms with Gasteiger partial charge in [0.05, 0.1) is 18.6 Å². The first-order chi connectivity index (χ1) is 16.1. The van der Waals surface area contributed by atoms with Crippen LogP contribution < -0.4 is 10.1 Å². The molecular weight excluding hydrogens is 454 g/mol. The summed E-state index contributed by atoms with van der Waals surface area (Å²) in [6.45, 7) is 5.94. The number of nitrogens with zero attached hydrogens (tertiary/aromatic N) is 2. The lowest BCUT2D eigenvalue weighted by Crippen LogP contribution is -2.69. The molecule has 1 saturated heterocycles. The summed E-state index contributed by atoms with van der Waals surface area (Å²) >= 11 is 0. The zero-order valence-corrected chi connectivity index (χ0v) is 21.0. The number of sulfonamides is 1. The fourth-order valence-corrected chi connectivity index (χ4v) is 5.46. The molecule has 34 heavy (non-hydrogen) atoms. The highest BCUT2D eigenvalue weighted by Crippen LogP contribution is 2.29. The van der Waals surface area contributed by atoms with Crippen LogP contribution in [0.15, 0.2) is 59.5 Å². The zero-order chi connectivity index (χ0) is 24.9. The largest absolute Gasteiger partial charge is 0.497 e. The summed E-state index contributed by atoms with van der Waals surface area (Å²) in [6, 6.07) is 15.4. The number of benzene rings is 2. The lowest BCUT2D eigenvalue weighted by atomic mass is 9.94. The van der Waals surface area contributed by atoms with E-state index in [9.17, 15) is 18.0 Å². The van der Waals surface area contributed by atoms with Gasteiger partial charge in [0, 0.05) is 19.6 Å². The Hall–Kier alpha value is -2.91. The summed E-state index contributed by atoms with van der Waals surface area (Å²) in [4.78, 5) is 28.2. The van der Waals surface area contributed by atoms with Gasteiger partial charge >= 0.3 is 0 Å². The van der Waals surface area contributed by atoms with Gasteiger partial charge in [0.2, 0.25) is 21.8 Å². The summed E-state index contributed by atoms with van der Waals surface area (Å²) in [7, 11) is -2.50. The highest BCUT2D eigenvalue weighted by Gasteiger charge is 2.50. The summed E-state index contributed by atoms with van der Waals surface area (Å²) in [5.41, 5.74) is -0.434. The van der Waals surface area contributed by atoms with Gasteiger partial charge < -0.3 is 15.0 Å². The lowest BCUT2D eigenvalue weighted by molar-refractivity contribution is -0.153. The molecular formula is C25H33N3O5S. The van der Waals surface area contributed by atoms with E-state index in [0.29, 0.717) is 24.6 Å². The fourth-order valence-electron chi connectivity index (χ4n) is 3.98. The number of nitrogens with one attached hydrogen (secondary N) is 1. The summed E-state index contributed by atoms with van der Waals surface area (Å²) < 4.78 is 33.0. The third-order valence-corrected chi connectivity index (χ3v) is 7.91. The van der Waals surface area contributed by atoms with E-state index >= 15 is 0 Å². The molecule has 1 heterocycles. The average Bonchev–Trinajstić information content (AvgIpc) is 2.82. The first-order valence-electron chi connectivity index (χ1n) is 11.3. The van der Waals surface area contributed by atoms with Crippen LogP contribution in [0.25, 0.3) is 0 Å². The number of rotatable bonds is 9. The lowest BCUT2D eigenvalue weighted by Gasteiger charge is -2.47. The number of carbonyl (C=O) groups excluding carboxylic acids is 2. The van der Waals surface area contributed by atoms with Gasteiger partial charge in [-0.25, -0.2) is 8.42 Å². The molecule has 9 heteroatoms. The van der Waals surface area contributed by atoms with Crippen LogP contribution in [0.2, 0.25) is 0 Å². The molecule has 184 valence electrons. The van der Waals surface area contributed by atoms with E-state index in [1.165, 1.54) is 24.1 Å². The third-order valence-electron chi connectivity index (χ3n) is 6.10. The molecule has 2 aromatic carbocycles. The van der Waals surface area contributed by atoms with E-state index < -0.39 is 15.6 Å². The maximum absolute atomic E-state index is 13.4. The molecule has 0 radical (unpaired) electrons. The monoisotopic (exact) mass is 487 g/mol. The van der Waals surface area contributed by atoms with Crippen molar-refractivity contribution in [3.8, 4) is 5.75 Å². The second-order valence-corrected chi connectivity index (χ2v) is 11.1. The first-order valence-corrected chi connectivity index (χ1v) is 12.8. The molecule has 0 bridgehead atoms. The third kappa shape index (κ3) is 5.59. The standard InChI is InChI=1S/C25H33N3O5S/c1-19(2)14-15-28-23(29)17-27(34(31,32)22-12-10-21(33-4)11-13-22)18-25(28,3)24(30)26-16-20-8-6-5-7-9-20/h5-13,19H,14-18H2,1-4H3,(H,26,30)/t25-/m1/s1. The minimum atomic E-state index is -4.00. The predicted octanol–water partition coefficient (Wildman–Crippen LogP) is 2.65. The van der Waals surface area contributed by atoms with Gasteiger partial charge in [0.1, 0.15) is 11.3 Å². The van der Waals surface area contributed by atoms with Crippen molar-refractivity contribution in [1.29, 1.82) is 0 Å². The second-order valence-electron chi connectivity index (χ2n) is 9.12. The Labute approximate surface area is 201 Å². The number of ether oxygens (including phenoxy) is 1. The zero-order valence-electron chi connectivity index (χ0n) is 20.2. The van der Waals surface area contributed by atoms with Gasteiger partial charge in [-0.3, -0.25) is 9.59 Å². The molecule has 0 saturated carbocycles. The van der Waals surface area contributed by atoms with Crippen LogP contribution in [-0.4, -0.2) is 61.7 Å². The Morgan fingerprint density at radius 2 is 1.76 bits per heavy atom. The van der Waals surface area contributed by atoms with Crippen LogP contribution >= 0.6 is 0 Å².